The van der Waals surface area contributed by atoms with E-state index in [1.54, 1.807) is 19.5 Å². The van der Waals surface area contributed by atoms with E-state index in [-0.39, 0.29) is 0 Å². The third-order valence-electron chi connectivity index (χ3n) is 5.11. The van der Waals surface area contributed by atoms with Crippen LogP contribution in [0.3, 0.4) is 0 Å². The summed E-state index contributed by atoms with van der Waals surface area (Å²) in [6.07, 6.45) is 9.63. The smallest absolute Gasteiger partial charge is 0.128 e. The largest absolute Gasteiger partial charge is 0.496 e. The van der Waals surface area contributed by atoms with Gasteiger partial charge in [-0.15, -0.1) is 0 Å². The second-order valence-electron chi connectivity index (χ2n) is 6.93. The van der Waals surface area contributed by atoms with Gasteiger partial charge in [0.05, 0.1) is 18.5 Å². The average molecular weight is 360 g/mol. The summed E-state index contributed by atoms with van der Waals surface area (Å²) in [7, 11) is 1.70. The topological polar surface area (TPSA) is 51.1 Å². The van der Waals surface area contributed by atoms with Gasteiger partial charge in [-0.2, -0.15) is 0 Å². The van der Waals surface area contributed by atoms with Crippen LogP contribution < -0.4 is 4.74 Å². The standard InChI is InChI=1S/C22H24N4O/c1-27-20-9-3-2-8-19(20)22-21(24-11-12-25-22)18-7-5-13-26(16-18)15-17-6-4-10-23-14-17/h2-4,6,8-12,14,18H,5,7,13,15-16H2,1H3. The lowest BCUT2D eigenvalue weighted by Crippen LogP contribution is -2.34. The number of likely N-dealkylation sites (tertiary alicyclic amines) is 1. The van der Waals surface area contributed by atoms with Gasteiger partial charge in [-0.1, -0.05) is 18.2 Å². The highest BCUT2D eigenvalue weighted by Gasteiger charge is 2.26. The third kappa shape index (κ3) is 3.98. The first-order chi connectivity index (χ1) is 13.3. The molecule has 0 spiro atoms. The molecule has 0 saturated carbocycles. The predicted molar refractivity (Wildman–Crippen MR) is 106 cm³/mol. The number of hydrogen-bond acceptors (Lipinski definition) is 5. The number of aromatic nitrogens is 3. The Balaban J connectivity index is 1.60. The van der Waals surface area contributed by atoms with Crippen LogP contribution in [0.4, 0.5) is 0 Å². The number of benzene rings is 1. The number of para-hydroxylation sites is 1. The summed E-state index contributed by atoms with van der Waals surface area (Å²) in [5, 5.41) is 0. The van der Waals surface area contributed by atoms with Crippen molar-refractivity contribution in [3.05, 3.63) is 72.4 Å². The number of nitrogens with zero attached hydrogens (tertiary/aromatic N) is 4. The molecule has 0 N–H and O–H groups in total. The zero-order valence-electron chi connectivity index (χ0n) is 15.6. The van der Waals surface area contributed by atoms with Crippen LogP contribution in [0.25, 0.3) is 11.3 Å². The maximum atomic E-state index is 5.56. The molecular weight excluding hydrogens is 336 g/mol. The molecule has 5 nitrogen and oxygen atoms in total. The molecule has 1 aliphatic rings. The minimum Gasteiger partial charge on any atom is -0.496 e. The Bertz CT molecular complexity index is 884. The first kappa shape index (κ1) is 17.6. The average Bonchev–Trinajstić information content (AvgIpc) is 2.75. The number of hydrogen-bond donors (Lipinski definition) is 0. The predicted octanol–water partition coefficient (Wildman–Crippen LogP) is 3.93. The Hall–Kier alpha value is -2.79. The lowest BCUT2D eigenvalue weighted by molar-refractivity contribution is 0.198. The van der Waals surface area contributed by atoms with Gasteiger partial charge in [0, 0.05) is 49.4 Å². The molecule has 27 heavy (non-hydrogen) atoms. The van der Waals surface area contributed by atoms with Crippen molar-refractivity contribution >= 4 is 0 Å². The summed E-state index contributed by atoms with van der Waals surface area (Å²) in [4.78, 5) is 16.1. The van der Waals surface area contributed by atoms with E-state index in [4.69, 9.17) is 9.72 Å². The molecule has 1 fully saturated rings. The highest BCUT2D eigenvalue weighted by molar-refractivity contribution is 5.69. The van der Waals surface area contributed by atoms with Gasteiger partial charge in [0.2, 0.25) is 0 Å². The van der Waals surface area contributed by atoms with E-state index in [1.807, 2.05) is 36.7 Å². The molecular formula is C22H24N4O. The van der Waals surface area contributed by atoms with Crippen molar-refractivity contribution in [2.45, 2.75) is 25.3 Å². The van der Waals surface area contributed by atoms with Crippen LogP contribution in [0.15, 0.2) is 61.2 Å². The van der Waals surface area contributed by atoms with Crippen LogP contribution in [0.5, 0.6) is 5.75 Å². The molecule has 0 amide bonds. The molecule has 0 bridgehead atoms. The number of methoxy groups -OCH3 is 1. The molecule has 1 aliphatic heterocycles. The van der Waals surface area contributed by atoms with Crippen LogP contribution in [-0.4, -0.2) is 40.1 Å². The highest BCUT2D eigenvalue weighted by Crippen LogP contribution is 2.35. The van der Waals surface area contributed by atoms with E-state index in [2.05, 4.69) is 27.0 Å². The van der Waals surface area contributed by atoms with Crippen LogP contribution in [-0.2, 0) is 6.54 Å². The third-order valence-corrected chi connectivity index (χ3v) is 5.11. The zero-order valence-corrected chi connectivity index (χ0v) is 15.6. The summed E-state index contributed by atoms with van der Waals surface area (Å²) in [5.74, 6) is 1.20. The molecule has 0 radical (unpaired) electrons. The Morgan fingerprint density at radius 1 is 1.07 bits per heavy atom. The van der Waals surface area contributed by atoms with Crippen LogP contribution in [0, 0.1) is 0 Å². The van der Waals surface area contributed by atoms with Gasteiger partial charge in [0.25, 0.3) is 0 Å². The van der Waals surface area contributed by atoms with Crippen molar-refractivity contribution < 1.29 is 4.74 Å². The number of rotatable bonds is 5. The van der Waals surface area contributed by atoms with E-state index in [9.17, 15) is 0 Å². The molecule has 1 aromatic carbocycles. The van der Waals surface area contributed by atoms with Crippen LogP contribution >= 0.6 is 0 Å². The summed E-state index contributed by atoms with van der Waals surface area (Å²) in [6.45, 7) is 3.01. The molecule has 3 heterocycles. The van der Waals surface area contributed by atoms with Gasteiger partial charge >= 0.3 is 0 Å². The van der Waals surface area contributed by atoms with Crippen LogP contribution in [0.1, 0.15) is 30.0 Å². The molecule has 1 saturated heterocycles. The Kier molecular flexibility index (Phi) is 5.39. The van der Waals surface area contributed by atoms with E-state index in [0.29, 0.717) is 5.92 Å². The Morgan fingerprint density at radius 2 is 1.96 bits per heavy atom. The summed E-state index contributed by atoms with van der Waals surface area (Å²) < 4.78 is 5.56. The van der Waals surface area contributed by atoms with E-state index in [0.717, 1.165) is 55.2 Å². The first-order valence-electron chi connectivity index (χ1n) is 9.40. The fourth-order valence-electron chi connectivity index (χ4n) is 3.87. The molecule has 138 valence electrons. The SMILES string of the molecule is COc1ccccc1-c1nccnc1C1CCCN(Cc2cccnc2)C1. The second-order valence-corrected chi connectivity index (χ2v) is 6.93. The zero-order chi connectivity index (χ0) is 18.5. The maximum Gasteiger partial charge on any atom is 0.128 e. The van der Waals surface area contributed by atoms with E-state index in [1.165, 1.54) is 5.56 Å². The van der Waals surface area contributed by atoms with Crippen molar-refractivity contribution in [3.63, 3.8) is 0 Å². The fraction of sp³-hybridized carbons (Fsp3) is 0.318. The lowest BCUT2D eigenvalue weighted by atomic mass is 9.91. The Labute approximate surface area is 160 Å². The fourth-order valence-corrected chi connectivity index (χ4v) is 3.87. The molecule has 2 aromatic heterocycles. The van der Waals surface area contributed by atoms with Gasteiger partial charge in [-0.25, -0.2) is 0 Å². The molecule has 1 unspecified atom stereocenters. The van der Waals surface area contributed by atoms with Crippen molar-refractivity contribution in [2.75, 3.05) is 20.2 Å². The van der Waals surface area contributed by atoms with Crippen molar-refractivity contribution in [3.8, 4) is 17.0 Å². The minimum atomic E-state index is 0.365. The number of ether oxygens (including phenoxy) is 1. The van der Waals surface area contributed by atoms with Gasteiger partial charge < -0.3 is 4.74 Å². The van der Waals surface area contributed by atoms with Gasteiger partial charge in [-0.3, -0.25) is 19.9 Å². The highest BCUT2D eigenvalue weighted by atomic mass is 16.5. The normalized spacial score (nSPS) is 17.6. The Morgan fingerprint density at radius 3 is 2.81 bits per heavy atom. The van der Waals surface area contributed by atoms with Crippen LogP contribution in [0.2, 0.25) is 0 Å². The summed E-state index contributed by atoms with van der Waals surface area (Å²) >= 11 is 0. The van der Waals surface area contributed by atoms with Gasteiger partial charge in [0.1, 0.15) is 5.75 Å². The minimum absolute atomic E-state index is 0.365. The molecule has 5 heteroatoms. The van der Waals surface area contributed by atoms with Gasteiger partial charge in [-0.05, 0) is 43.1 Å². The molecule has 4 rings (SSSR count). The molecule has 3 aromatic rings. The summed E-state index contributed by atoms with van der Waals surface area (Å²) in [6, 6.07) is 12.2. The second kappa shape index (κ2) is 8.27. The van der Waals surface area contributed by atoms with Crippen molar-refractivity contribution in [1.82, 2.24) is 19.9 Å². The monoisotopic (exact) mass is 360 g/mol. The van der Waals surface area contributed by atoms with E-state index < -0.39 is 0 Å². The van der Waals surface area contributed by atoms with E-state index >= 15 is 0 Å². The van der Waals surface area contributed by atoms with Crippen molar-refractivity contribution in [2.24, 2.45) is 0 Å². The molecule has 1 atom stereocenters. The quantitative estimate of drug-likeness (QED) is 0.690. The first-order valence-corrected chi connectivity index (χ1v) is 9.40. The number of pyridine rings is 1. The molecule has 0 aliphatic carbocycles. The summed E-state index contributed by atoms with van der Waals surface area (Å²) in [5.41, 5.74) is 4.26. The van der Waals surface area contributed by atoms with Crippen molar-refractivity contribution in [1.29, 1.82) is 0 Å². The lowest BCUT2D eigenvalue weighted by Gasteiger charge is -2.33. The maximum absolute atomic E-state index is 5.56. The number of piperidine rings is 1. The van der Waals surface area contributed by atoms with Gasteiger partial charge in [0.15, 0.2) is 0 Å².